The highest BCUT2D eigenvalue weighted by Gasteiger charge is 2.14. The Kier molecular flexibility index (Phi) is 6.17. The summed E-state index contributed by atoms with van der Waals surface area (Å²) in [5.74, 6) is 3.21. The van der Waals surface area contributed by atoms with Crippen molar-refractivity contribution in [1.82, 2.24) is 0 Å². The summed E-state index contributed by atoms with van der Waals surface area (Å²) in [4.78, 5) is 0. The number of nitrogens with two attached hydrogens (primary N) is 1. The van der Waals surface area contributed by atoms with Gasteiger partial charge < -0.3 is 24.3 Å². The van der Waals surface area contributed by atoms with Crippen molar-refractivity contribution < 1.29 is 24.3 Å². The topological polar surface area (TPSA) is 53.5 Å². The summed E-state index contributed by atoms with van der Waals surface area (Å²) in [6.07, 6.45) is 0. The lowest BCUT2D eigenvalue weighted by Gasteiger charge is -2.13. The van der Waals surface area contributed by atoms with Crippen LogP contribution in [0.1, 0.15) is 23.6 Å². The van der Waals surface area contributed by atoms with E-state index in [-0.39, 0.29) is 0 Å². The number of ether oxygens (including phenoxy) is 4. The smallest absolute Gasteiger partial charge is 0.231 e. The molecule has 0 radical (unpaired) electrons. The number of quaternary nitrogens is 1. The molecule has 2 N–H and O–H groups in total. The molecule has 0 aliphatic carbocycles. The third-order valence-electron chi connectivity index (χ3n) is 4.74. The Morgan fingerprint density at radius 1 is 0.759 bits per heavy atom. The van der Waals surface area contributed by atoms with Crippen molar-refractivity contribution in [2.24, 2.45) is 0 Å². The SMILES string of the molecule is CCOc1cc(C[NH2+]Cc2ccc3c(c2)OCO3)ccc1OCc1ccccc1. The van der Waals surface area contributed by atoms with Crippen LogP contribution in [0, 0.1) is 0 Å². The minimum atomic E-state index is 0.307. The average Bonchev–Trinajstić information content (AvgIpc) is 3.22. The van der Waals surface area contributed by atoms with E-state index >= 15 is 0 Å². The van der Waals surface area contributed by atoms with Crippen LogP contribution >= 0.6 is 0 Å². The largest absolute Gasteiger partial charge is 0.490 e. The molecule has 5 heteroatoms. The van der Waals surface area contributed by atoms with Crippen molar-refractivity contribution in [2.45, 2.75) is 26.6 Å². The predicted molar refractivity (Wildman–Crippen MR) is 110 cm³/mol. The van der Waals surface area contributed by atoms with E-state index < -0.39 is 0 Å². The zero-order valence-electron chi connectivity index (χ0n) is 16.6. The van der Waals surface area contributed by atoms with Gasteiger partial charge in [0.1, 0.15) is 19.7 Å². The van der Waals surface area contributed by atoms with E-state index in [9.17, 15) is 0 Å². The van der Waals surface area contributed by atoms with Crippen molar-refractivity contribution in [3.05, 3.63) is 83.4 Å². The fraction of sp³-hybridized carbons (Fsp3) is 0.250. The van der Waals surface area contributed by atoms with Gasteiger partial charge in [-0.3, -0.25) is 0 Å². The molecule has 0 saturated carbocycles. The Balaban J connectivity index is 1.35. The molecule has 0 amide bonds. The van der Waals surface area contributed by atoms with Gasteiger partial charge in [-0.2, -0.15) is 0 Å². The second-order valence-electron chi connectivity index (χ2n) is 6.87. The summed E-state index contributed by atoms with van der Waals surface area (Å²) in [6, 6.07) is 22.4. The highest BCUT2D eigenvalue weighted by molar-refractivity contribution is 5.44. The van der Waals surface area contributed by atoms with E-state index in [2.05, 4.69) is 35.6 Å². The fourth-order valence-corrected chi connectivity index (χ4v) is 3.28. The quantitative estimate of drug-likeness (QED) is 0.604. The van der Waals surface area contributed by atoms with Gasteiger partial charge >= 0.3 is 0 Å². The molecule has 0 atom stereocenters. The Morgan fingerprint density at radius 3 is 2.34 bits per heavy atom. The number of rotatable bonds is 9. The summed E-state index contributed by atoms with van der Waals surface area (Å²) in [5, 5.41) is 2.26. The molecule has 1 aliphatic rings. The van der Waals surface area contributed by atoms with Gasteiger partial charge in [0.15, 0.2) is 23.0 Å². The van der Waals surface area contributed by atoms with E-state index in [0.717, 1.165) is 41.7 Å². The molecule has 5 nitrogen and oxygen atoms in total. The Morgan fingerprint density at radius 2 is 1.52 bits per heavy atom. The Bertz CT molecular complexity index is 943. The molecule has 3 aromatic carbocycles. The van der Waals surface area contributed by atoms with Crippen LogP contribution < -0.4 is 24.3 Å². The molecule has 4 rings (SSSR count). The third-order valence-corrected chi connectivity index (χ3v) is 4.74. The summed E-state index contributed by atoms with van der Waals surface area (Å²) in [6.45, 7) is 5.14. The van der Waals surface area contributed by atoms with E-state index in [1.807, 2.05) is 43.3 Å². The number of hydrogen-bond acceptors (Lipinski definition) is 4. The summed E-state index contributed by atoms with van der Waals surface area (Å²) < 4.78 is 22.6. The molecule has 1 aliphatic heterocycles. The van der Waals surface area contributed by atoms with Gasteiger partial charge in [-0.05, 0) is 48.9 Å². The first kappa shape index (κ1) is 19.2. The second kappa shape index (κ2) is 9.34. The molecular weight excluding hydrogens is 366 g/mol. The molecular formula is C24H26NO4+. The van der Waals surface area contributed by atoms with Gasteiger partial charge in [0.25, 0.3) is 0 Å². The fourth-order valence-electron chi connectivity index (χ4n) is 3.28. The minimum Gasteiger partial charge on any atom is -0.490 e. The average molecular weight is 392 g/mol. The van der Waals surface area contributed by atoms with Crippen molar-refractivity contribution in [3.8, 4) is 23.0 Å². The van der Waals surface area contributed by atoms with Gasteiger partial charge in [-0.1, -0.05) is 30.3 Å². The van der Waals surface area contributed by atoms with Crippen molar-refractivity contribution >= 4 is 0 Å². The van der Waals surface area contributed by atoms with Gasteiger partial charge in [0.2, 0.25) is 6.79 Å². The van der Waals surface area contributed by atoms with Crippen LogP contribution in [0.5, 0.6) is 23.0 Å². The Labute approximate surface area is 171 Å². The highest BCUT2D eigenvalue weighted by Crippen LogP contribution is 2.32. The molecule has 0 spiro atoms. The molecule has 0 fully saturated rings. The van der Waals surface area contributed by atoms with Gasteiger partial charge in [-0.15, -0.1) is 0 Å². The molecule has 29 heavy (non-hydrogen) atoms. The lowest BCUT2D eigenvalue weighted by Crippen LogP contribution is -2.80. The zero-order chi connectivity index (χ0) is 19.9. The Hall–Kier alpha value is -3.18. The third kappa shape index (κ3) is 5.00. The summed E-state index contributed by atoms with van der Waals surface area (Å²) in [5.41, 5.74) is 3.54. The highest BCUT2D eigenvalue weighted by atomic mass is 16.7. The van der Waals surface area contributed by atoms with E-state index in [1.165, 1.54) is 11.1 Å². The van der Waals surface area contributed by atoms with E-state index in [4.69, 9.17) is 18.9 Å². The van der Waals surface area contributed by atoms with Crippen molar-refractivity contribution in [1.29, 1.82) is 0 Å². The molecule has 150 valence electrons. The van der Waals surface area contributed by atoms with E-state index in [1.54, 1.807) is 0 Å². The standard InChI is InChI=1S/C24H25NO4/c1-2-26-23-12-19(8-10-21(23)27-16-18-6-4-3-5-7-18)14-25-15-20-9-11-22-24(13-20)29-17-28-22/h3-13,25H,2,14-17H2,1H3/p+1. The maximum absolute atomic E-state index is 5.99. The second-order valence-corrected chi connectivity index (χ2v) is 6.87. The molecule has 3 aromatic rings. The lowest BCUT2D eigenvalue weighted by atomic mass is 10.1. The van der Waals surface area contributed by atoms with Crippen molar-refractivity contribution in [3.63, 3.8) is 0 Å². The predicted octanol–water partition coefficient (Wildman–Crippen LogP) is 3.66. The van der Waals surface area contributed by atoms with Crippen LogP contribution in [-0.2, 0) is 19.7 Å². The maximum Gasteiger partial charge on any atom is 0.231 e. The van der Waals surface area contributed by atoms with Gasteiger partial charge in [0, 0.05) is 11.1 Å². The summed E-state index contributed by atoms with van der Waals surface area (Å²) >= 11 is 0. The monoisotopic (exact) mass is 392 g/mol. The number of hydrogen-bond donors (Lipinski definition) is 1. The number of benzene rings is 3. The van der Waals surface area contributed by atoms with Crippen LogP contribution in [0.3, 0.4) is 0 Å². The first-order valence-corrected chi connectivity index (χ1v) is 9.94. The molecule has 0 aromatic heterocycles. The van der Waals surface area contributed by atoms with Crippen LogP contribution in [0.4, 0.5) is 0 Å². The van der Waals surface area contributed by atoms with Gasteiger partial charge in [0.05, 0.1) is 6.61 Å². The maximum atomic E-state index is 5.99. The van der Waals surface area contributed by atoms with Crippen LogP contribution in [0.15, 0.2) is 66.7 Å². The normalized spacial score (nSPS) is 12.0. The molecule has 0 bridgehead atoms. The van der Waals surface area contributed by atoms with Gasteiger partial charge in [-0.25, -0.2) is 0 Å². The minimum absolute atomic E-state index is 0.307. The molecule has 0 unspecified atom stereocenters. The zero-order valence-corrected chi connectivity index (χ0v) is 16.6. The summed E-state index contributed by atoms with van der Waals surface area (Å²) in [7, 11) is 0. The molecule has 0 saturated heterocycles. The van der Waals surface area contributed by atoms with Crippen LogP contribution in [0.2, 0.25) is 0 Å². The lowest BCUT2D eigenvalue weighted by molar-refractivity contribution is -0.686. The number of fused-ring (bicyclic) bond motifs is 1. The first-order chi connectivity index (χ1) is 14.3. The van der Waals surface area contributed by atoms with E-state index in [0.29, 0.717) is 20.0 Å². The first-order valence-electron chi connectivity index (χ1n) is 9.94. The van der Waals surface area contributed by atoms with Crippen LogP contribution in [0.25, 0.3) is 0 Å². The van der Waals surface area contributed by atoms with Crippen LogP contribution in [-0.4, -0.2) is 13.4 Å². The molecule has 1 heterocycles. The van der Waals surface area contributed by atoms with Crippen molar-refractivity contribution in [2.75, 3.05) is 13.4 Å².